The third-order valence-corrected chi connectivity index (χ3v) is 3.72. The van der Waals surface area contributed by atoms with E-state index in [1.54, 1.807) is 30.8 Å². The highest BCUT2D eigenvalue weighted by Crippen LogP contribution is 2.26. The molecule has 19 heavy (non-hydrogen) atoms. The highest BCUT2D eigenvalue weighted by atomic mass is 35.5. The summed E-state index contributed by atoms with van der Waals surface area (Å²) in [6.07, 6.45) is -0.475. The molecule has 102 valence electrons. The van der Waals surface area contributed by atoms with Gasteiger partial charge in [-0.25, -0.2) is 4.39 Å². The zero-order valence-electron chi connectivity index (χ0n) is 11.1. The second kappa shape index (κ2) is 5.31. The molecule has 2 rings (SSSR count). The van der Waals surface area contributed by atoms with Crippen LogP contribution in [0.2, 0.25) is 5.15 Å². The first-order chi connectivity index (χ1) is 8.90. The Balaban J connectivity index is 2.25. The molecule has 2 aromatic rings. The van der Waals surface area contributed by atoms with Crippen LogP contribution in [0.15, 0.2) is 18.2 Å². The maximum atomic E-state index is 13.5. The molecule has 0 amide bonds. The van der Waals surface area contributed by atoms with Gasteiger partial charge in [-0.15, -0.1) is 0 Å². The molecule has 1 unspecified atom stereocenters. The molecule has 3 nitrogen and oxygen atoms in total. The molecule has 0 saturated heterocycles. The number of benzene rings is 1. The molecule has 1 aromatic carbocycles. The highest BCUT2D eigenvalue weighted by molar-refractivity contribution is 6.30. The van der Waals surface area contributed by atoms with Gasteiger partial charge in [0.15, 0.2) is 0 Å². The van der Waals surface area contributed by atoms with E-state index in [4.69, 9.17) is 11.6 Å². The van der Waals surface area contributed by atoms with Gasteiger partial charge in [0, 0.05) is 19.0 Å². The Bertz CT molecular complexity index is 610. The van der Waals surface area contributed by atoms with E-state index >= 15 is 0 Å². The Morgan fingerprint density at radius 3 is 2.63 bits per heavy atom. The number of rotatable bonds is 3. The van der Waals surface area contributed by atoms with Gasteiger partial charge in [0.25, 0.3) is 0 Å². The molecule has 0 saturated carbocycles. The summed E-state index contributed by atoms with van der Waals surface area (Å²) in [6, 6.07) is 4.74. The van der Waals surface area contributed by atoms with Crippen LogP contribution in [0.5, 0.6) is 0 Å². The van der Waals surface area contributed by atoms with Crippen LogP contribution in [0.1, 0.15) is 28.5 Å². The lowest BCUT2D eigenvalue weighted by Gasteiger charge is -2.11. The largest absolute Gasteiger partial charge is 0.388 e. The zero-order chi connectivity index (χ0) is 14.2. The van der Waals surface area contributed by atoms with Crippen molar-refractivity contribution in [2.45, 2.75) is 26.4 Å². The van der Waals surface area contributed by atoms with Gasteiger partial charge >= 0.3 is 0 Å². The van der Waals surface area contributed by atoms with E-state index in [0.29, 0.717) is 22.7 Å². The maximum absolute atomic E-state index is 13.5. The Morgan fingerprint density at radius 1 is 1.42 bits per heavy atom. The summed E-state index contributed by atoms with van der Waals surface area (Å²) >= 11 is 6.12. The zero-order valence-corrected chi connectivity index (χ0v) is 11.9. The average molecular weight is 283 g/mol. The van der Waals surface area contributed by atoms with Crippen LogP contribution in [-0.2, 0) is 13.5 Å². The minimum Gasteiger partial charge on any atom is -0.388 e. The fourth-order valence-corrected chi connectivity index (χ4v) is 2.29. The van der Waals surface area contributed by atoms with Crippen LogP contribution in [0.4, 0.5) is 4.39 Å². The van der Waals surface area contributed by atoms with Crippen LogP contribution in [-0.4, -0.2) is 14.9 Å². The van der Waals surface area contributed by atoms with E-state index in [0.717, 1.165) is 11.3 Å². The van der Waals surface area contributed by atoms with Crippen molar-refractivity contribution in [2.75, 3.05) is 0 Å². The third kappa shape index (κ3) is 2.80. The van der Waals surface area contributed by atoms with E-state index in [2.05, 4.69) is 5.10 Å². The van der Waals surface area contributed by atoms with Gasteiger partial charge in [-0.3, -0.25) is 4.68 Å². The molecule has 0 radical (unpaired) electrons. The van der Waals surface area contributed by atoms with Crippen molar-refractivity contribution in [3.8, 4) is 0 Å². The summed E-state index contributed by atoms with van der Waals surface area (Å²) in [4.78, 5) is 0. The van der Waals surface area contributed by atoms with Gasteiger partial charge in [0.2, 0.25) is 0 Å². The third-order valence-electron chi connectivity index (χ3n) is 3.25. The molecule has 1 heterocycles. The van der Waals surface area contributed by atoms with Crippen LogP contribution < -0.4 is 0 Å². The lowest BCUT2D eigenvalue weighted by atomic mass is 10.0. The number of aromatic nitrogens is 2. The number of hydrogen-bond acceptors (Lipinski definition) is 2. The molecule has 1 aromatic heterocycles. The molecule has 0 aliphatic heterocycles. The number of aliphatic hydroxyl groups is 1. The quantitative estimate of drug-likeness (QED) is 0.939. The Hall–Kier alpha value is -1.39. The first-order valence-corrected chi connectivity index (χ1v) is 6.40. The standard InChI is InChI=1S/C14H16ClFN2O/c1-8-4-5-10(6-12(8)16)13(19)7-11-9(2)17-18(3)14(11)15/h4-6,13,19H,7H2,1-3H3. The molecule has 5 heteroatoms. The number of aliphatic hydroxyl groups excluding tert-OH is 1. The smallest absolute Gasteiger partial charge is 0.130 e. The van der Waals surface area contributed by atoms with Crippen LogP contribution in [0.3, 0.4) is 0 Å². The van der Waals surface area contributed by atoms with Crippen LogP contribution in [0.25, 0.3) is 0 Å². The minimum absolute atomic E-state index is 0.314. The van der Waals surface area contributed by atoms with Gasteiger partial charge in [0.1, 0.15) is 11.0 Å². The Labute approximate surface area is 116 Å². The van der Waals surface area contributed by atoms with E-state index in [1.165, 1.54) is 6.07 Å². The SMILES string of the molecule is Cc1ccc(C(O)Cc2c(C)nn(C)c2Cl)cc1F. The molecule has 0 fully saturated rings. The van der Waals surface area contributed by atoms with Gasteiger partial charge in [-0.2, -0.15) is 5.10 Å². The number of aryl methyl sites for hydroxylation is 3. The van der Waals surface area contributed by atoms with Crippen molar-refractivity contribution in [3.63, 3.8) is 0 Å². The fraction of sp³-hybridized carbons (Fsp3) is 0.357. The Kier molecular flexibility index (Phi) is 3.92. The van der Waals surface area contributed by atoms with Gasteiger partial charge in [0.05, 0.1) is 11.8 Å². The van der Waals surface area contributed by atoms with E-state index < -0.39 is 6.10 Å². The van der Waals surface area contributed by atoms with Gasteiger partial charge < -0.3 is 5.11 Å². The first-order valence-electron chi connectivity index (χ1n) is 6.02. The van der Waals surface area contributed by atoms with E-state index in [-0.39, 0.29) is 5.82 Å². The molecule has 0 aliphatic carbocycles. The molecular formula is C14H16ClFN2O. The number of nitrogens with zero attached hydrogens (tertiary/aromatic N) is 2. The normalized spacial score (nSPS) is 12.7. The molecule has 0 bridgehead atoms. The Morgan fingerprint density at radius 2 is 2.11 bits per heavy atom. The van der Waals surface area contributed by atoms with E-state index in [9.17, 15) is 9.50 Å². The summed E-state index contributed by atoms with van der Waals surface area (Å²) < 4.78 is 15.1. The van der Waals surface area contributed by atoms with Crippen molar-refractivity contribution in [1.82, 2.24) is 9.78 Å². The average Bonchev–Trinajstić information content (AvgIpc) is 2.59. The predicted octanol–water partition coefficient (Wildman–Crippen LogP) is 3.11. The minimum atomic E-state index is -0.796. The van der Waals surface area contributed by atoms with Crippen LogP contribution in [0, 0.1) is 19.7 Å². The van der Waals surface area contributed by atoms with Gasteiger partial charge in [-0.1, -0.05) is 23.7 Å². The van der Waals surface area contributed by atoms with Crippen molar-refractivity contribution in [2.24, 2.45) is 7.05 Å². The monoisotopic (exact) mass is 282 g/mol. The molecule has 1 N–H and O–H groups in total. The summed E-state index contributed by atoms with van der Waals surface area (Å²) in [5.41, 5.74) is 2.67. The number of hydrogen-bond donors (Lipinski definition) is 1. The first kappa shape index (κ1) is 14.0. The summed E-state index contributed by atoms with van der Waals surface area (Å²) in [6.45, 7) is 3.53. The van der Waals surface area contributed by atoms with Gasteiger partial charge in [-0.05, 0) is 31.0 Å². The maximum Gasteiger partial charge on any atom is 0.130 e. The summed E-state index contributed by atoms with van der Waals surface area (Å²) in [7, 11) is 1.75. The molecule has 1 atom stereocenters. The van der Waals surface area contributed by atoms with E-state index in [1.807, 2.05) is 6.92 Å². The van der Waals surface area contributed by atoms with Crippen molar-refractivity contribution in [1.29, 1.82) is 0 Å². The lowest BCUT2D eigenvalue weighted by molar-refractivity contribution is 0.178. The highest BCUT2D eigenvalue weighted by Gasteiger charge is 2.17. The van der Waals surface area contributed by atoms with Crippen molar-refractivity contribution < 1.29 is 9.50 Å². The summed E-state index contributed by atoms with van der Waals surface area (Å²) in [5, 5.41) is 14.9. The molecule has 0 aliphatic rings. The van der Waals surface area contributed by atoms with Crippen molar-refractivity contribution >= 4 is 11.6 Å². The van der Waals surface area contributed by atoms with Crippen molar-refractivity contribution in [3.05, 3.63) is 51.6 Å². The lowest BCUT2D eigenvalue weighted by Crippen LogP contribution is -2.04. The number of halogens is 2. The van der Waals surface area contributed by atoms with Crippen LogP contribution >= 0.6 is 11.6 Å². The predicted molar refractivity (Wildman–Crippen MR) is 72.8 cm³/mol. The second-order valence-corrected chi connectivity index (χ2v) is 5.06. The topological polar surface area (TPSA) is 38.1 Å². The molecular weight excluding hydrogens is 267 g/mol. The fourth-order valence-electron chi connectivity index (χ4n) is 2.03. The summed E-state index contributed by atoms with van der Waals surface area (Å²) in [5.74, 6) is -0.314. The second-order valence-electron chi connectivity index (χ2n) is 4.71. The molecule has 0 spiro atoms.